The third kappa shape index (κ3) is 3.63. The third-order valence-electron chi connectivity index (χ3n) is 2.58. The zero-order valence-corrected chi connectivity index (χ0v) is 11.3. The maximum Gasteiger partial charge on any atom is 0.148 e. The summed E-state index contributed by atoms with van der Waals surface area (Å²) in [7, 11) is 0. The van der Waals surface area contributed by atoms with Crippen molar-refractivity contribution in [2.45, 2.75) is 40.2 Å². The largest absolute Gasteiger partial charge is 0.394 e. The van der Waals surface area contributed by atoms with Crippen LogP contribution < -0.4 is 11.1 Å². The number of ether oxygens (including phenoxy) is 1. The Balaban J connectivity index is 2.57. The fourth-order valence-corrected chi connectivity index (χ4v) is 1.64. The monoisotopic (exact) mass is 240 g/mol. The minimum absolute atomic E-state index is 0.306. The summed E-state index contributed by atoms with van der Waals surface area (Å²) in [4.78, 5) is 0. The summed E-state index contributed by atoms with van der Waals surface area (Å²) in [5, 5.41) is 7.76. The predicted octanol–water partition coefficient (Wildman–Crippen LogP) is 2.19. The molecule has 0 aliphatic rings. The first kappa shape index (κ1) is 13.8. The molecule has 1 aromatic rings. The van der Waals surface area contributed by atoms with Crippen molar-refractivity contribution < 1.29 is 4.74 Å². The molecular weight excluding hydrogens is 216 g/mol. The van der Waals surface area contributed by atoms with E-state index in [4.69, 9.17) is 10.5 Å². The first-order valence-corrected chi connectivity index (χ1v) is 6.24. The van der Waals surface area contributed by atoms with Crippen LogP contribution in [0.2, 0.25) is 0 Å². The molecule has 0 aliphatic carbocycles. The van der Waals surface area contributed by atoms with Crippen LogP contribution in [0.25, 0.3) is 0 Å². The number of aryl methyl sites for hydroxylation is 1. The van der Waals surface area contributed by atoms with Gasteiger partial charge in [0.1, 0.15) is 5.82 Å². The molecule has 17 heavy (non-hydrogen) atoms. The summed E-state index contributed by atoms with van der Waals surface area (Å²) in [6.45, 7) is 10.5. The number of nitrogen functional groups attached to an aromatic ring is 1. The number of aromatic nitrogens is 2. The van der Waals surface area contributed by atoms with Crippen molar-refractivity contribution in [3.8, 4) is 0 Å². The number of nitrogens with zero attached hydrogens (tertiary/aromatic N) is 2. The molecule has 0 fully saturated rings. The van der Waals surface area contributed by atoms with Crippen LogP contribution >= 0.6 is 0 Å². The Morgan fingerprint density at radius 1 is 1.47 bits per heavy atom. The number of anilines is 2. The van der Waals surface area contributed by atoms with Crippen LogP contribution in [0, 0.1) is 6.92 Å². The van der Waals surface area contributed by atoms with Gasteiger partial charge in [0.15, 0.2) is 0 Å². The van der Waals surface area contributed by atoms with Gasteiger partial charge in [0.25, 0.3) is 0 Å². The molecule has 0 aliphatic heterocycles. The second-order valence-corrected chi connectivity index (χ2v) is 4.36. The van der Waals surface area contributed by atoms with Crippen LogP contribution in [0.1, 0.15) is 38.9 Å². The van der Waals surface area contributed by atoms with Gasteiger partial charge < -0.3 is 15.8 Å². The second kappa shape index (κ2) is 6.49. The fraction of sp³-hybridized carbons (Fsp3) is 0.750. The lowest BCUT2D eigenvalue weighted by Gasteiger charge is -2.13. The topological polar surface area (TPSA) is 65.1 Å². The van der Waals surface area contributed by atoms with Crippen LogP contribution in [0.3, 0.4) is 0 Å². The van der Waals surface area contributed by atoms with E-state index in [1.54, 1.807) is 0 Å². The highest BCUT2D eigenvalue weighted by Crippen LogP contribution is 2.25. The van der Waals surface area contributed by atoms with E-state index in [1.807, 2.05) is 18.5 Å². The van der Waals surface area contributed by atoms with Gasteiger partial charge in [-0.3, -0.25) is 0 Å². The molecule has 0 saturated carbocycles. The molecule has 5 nitrogen and oxygen atoms in total. The summed E-state index contributed by atoms with van der Waals surface area (Å²) >= 11 is 0. The number of nitrogens with one attached hydrogen (secondary N) is 1. The van der Waals surface area contributed by atoms with Gasteiger partial charge in [-0.25, -0.2) is 4.68 Å². The van der Waals surface area contributed by atoms with Gasteiger partial charge in [-0.2, -0.15) is 5.10 Å². The Kier molecular flexibility index (Phi) is 5.28. The molecule has 0 radical (unpaired) electrons. The highest BCUT2D eigenvalue weighted by atomic mass is 16.5. The van der Waals surface area contributed by atoms with Crippen molar-refractivity contribution in [1.29, 1.82) is 0 Å². The maximum atomic E-state index is 6.01. The van der Waals surface area contributed by atoms with E-state index in [2.05, 4.69) is 24.3 Å². The summed E-state index contributed by atoms with van der Waals surface area (Å²) in [6, 6.07) is 0.306. The first-order chi connectivity index (χ1) is 8.07. The lowest BCUT2D eigenvalue weighted by Crippen LogP contribution is -2.13. The average Bonchev–Trinajstić information content (AvgIpc) is 2.57. The average molecular weight is 240 g/mol. The van der Waals surface area contributed by atoms with Gasteiger partial charge >= 0.3 is 0 Å². The zero-order chi connectivity index (χ0) is 12.8. The summed E-state index contributed by atoms with van der Waals surface area (Å²) in [5.74, 6) is 0.925. The minimum Gasteiger partial charge on any atom is -0.394 e. The van der Waals surface area contributed by atoms with Crippen LogP contribution in [-0.4, -0.2) is 29.5 Å². The molecule has 0 saturated heterocycles. The van der Waals surface area contributed by atoms with Crippen molar-refractivity contribution in [3.05, 3.63) is 5.69 Å². The van der Waals surface area contributed by atoms with E-state index >= 15 is 0 Å². The Labute approximate surface area is 103 Å². The molecule has 1 rings (SSSR count). The molecule has 5 heteroatoms. The number of rotatable bonds is 7. The predicted molar refractivity (Wildman–Crippen MR) is 71.4 cm³/mol. The first-order valence-electron chi connectivity index (χ1n) is 6.24. The number of nitrogens with two attached hydrogens (primary N) is 1. The van der Waals surface area contributed by atoms with Crippen LogP contribution in [0.15, 0.2) is 0 Å². The van der Waals surface area contributed by atoms with Gasteiger partial charge in [0.2, 0.25) is 0 Å². The smallest absolute Gasteiger partial charge is 0.148 e. The molecule has 98 valence electrons. The Hall–Kier alpha value is -1.23. The quantitative estimate of drug-likeness (QED) is 0.717. The summed E-state index contributed by atoms with van der Waals surface area (Å²) in [5.41, 5.74) is 7.63. The molecule has 0 bridgehead atoms. The highest BCUT2D eigenvalue weighted by Gasteiger charge is 2.13. The summed E-state index contributed by atoms with van der Waals surface area (Å²) in [6.07, 6.45) is 0.968. The van der Waals surface area contributed by atoms with E-state index in [9.17, 15) is 0 Å². The maximum absolute atomic E-state index is 6.01. The van der Waals surface area contributed by atoms with E-state index in [1.165, 1.54) is 0 Å². The van der Waals surface area contributed by atoms with Crippen molar-refractivity contribution in [2.75, 3.05) is 30.8 Å². The molecule has 0 spiro atoms. The van der Waals surface area contributed by atoms with Gasteiger partial charge in [-0.05, 0) is 34.1 Å². The van der Waals surface area contributed by atoms with Crippen LogP contribution in [0.5, 0.6) is 0 Å². The lowest BCUT2D eigenvalue weighted by molar-refractivity contribution is 0.147. The number of hydrogen-bond acceptors (Lipinski definition) is 4. The van der Waals surface area contributed by atoms with E-state index < -0.39 is 0 Å². The van der Waals surface area contributed by atoms with E-state index in [-0.39, 0.29) is 0 Å². The fourth-order valence-electron chi connectivity index (χ4n) is 1.64. The van der Waals surface area contributed by atoms with Crippen molar-refractivity contribution in [3.63, 3.8) is 0 Å². The van der Waals surface area contributed by atoms with Crippen LogP contribution in [-0.2, 0) is 4.74 Å². The van der Waals surface area contributed by atoms with Crippen LogP contribution in [0.4, 0.5) is 11.5 Å². The minimum atomic E-state index is 0.306. The lowest BCUT2D eigenvalue weighted by atomic mass is 10.3. The highest BCUT2D eigenvalue weighted by molar-refractivity contribution is 5.64. The van der Waals surface area contributed by atoms with E-state index in [0.29, 0.717) is 6.04 Å². The number of hydrogen-bond donors (Lipinski definition) is 2. The van der Waals surface area contributed by atoms with Gasteiger partial charge in [-0.15, -0.1) is 0 Å². The van der Waals surface area contributed by atoms with Crippen molar-refractivity contribution in [2.24, 2.45) is 0 Å². The van der Waals surface area contributed by atoms with Gasteiger partial charge in [0.05, 0.1) is 11.4 Å². The molecule has 3 N–H and O–H groups in total. The molecule has 0 aromatic carbocycles. The summed E-state index contributed by atoms with van der Waals surface area (Å²) < 4.78 is 7.23. The zero-order valence-electron chi connectivity index (χ0n) is 11.3. The van der Waals surface area contributed by atoms with Gasteiger partial charge in [-0.1, -0.05) is 0 Å². The van der Waals surface area contributed by atoms with Crippen molar-refractivity contribution in [1.82, 2.24) is 9.78 Å². The molecule has 0 atom stereocenters. The Morgan fingerprint density at radius 2 is 2.18 bits per heavy atom. The second-order valence-electron chi connectivity index (χ2n) is 4.36. The SMILES string of the molecule is CCOCCCNc1c(N)c(C)nn1C(C)C. The Bertz CT molecular complexity index is 347. The standard InChI is InChI=1S/C12H24N4O/c1-5-17-8-6-7-14-12-11(13)10(4)15-16(12)9(2)3/h9,14H,5-8,13H2,1-4H3. The Morgan fingerprint density at radius 3 is 2.76 bits per heavy atom. The third-order valence-corrected chi connectivity index (χ3v) is 2.58. The molecule has 0 amide bonds. The molecular formula is C12H24N4O. The van der Waals surface area contributed by atoms with E-state index in [0.717, 1.165) is 43.4 Å². The molecule has 1 heterocycles. The molecule has 1 aromatic heterocycles. The molecule has 0 unspecified atom stereocenters. The van der Waals surface area contributed by atoms with Crippen molar-refractivity contribution >= 4 is 11.5 Å². The normalized spacial score (nSPS) is 11.1. The van der Waals surface area contributed by atoms with Gasteiger partial charge in [0, 0.05) is 25.8 Å².